The van der Waals surface area contributed by atoms with Crippen molar-refractivity contribution >= 4 is 5.97 Å². The highest BCUT2D eigenvalue weighted by molar-refractivity contribution is 5.85. The van der Waals surface area contributed by atoms with Crippen LogP contribution < -0.4 is 0 Å². The van der Waals surface area contributed by atoms with Gasteiger partial charge in [0.05, 0.1) is 0 Å². The van der Waals surface area contributed by atoms with Gasteiger partial charge in [-0.15, -0.1) is 0 Å². The van der Waals surface area contributed by atoms with Crippen LogP contribution in [-0.4, -0.2) is 11.1 Å². The SMILES string of the molecule is CCCc1ccc(CCC=C(C)C(=O)O)cc1. The first-order chi connectivity index (χ1) is 8.13. The van der Waals surface area contributed by atoms with Crippen molar-refractivity contribution in [1.29, 1.82) is 0 Å². The van der Waals surface area contributed by atoms with Gasteiger partial charge in [0.15, 0.2) is 0 Å². The number of hydrogen-bond acceptors (Lipinski definition) is 1. The molecule has 17 heavy (non-hydrogen) atoms. The summed E-state index contributed by atoms with van der Waals surface area (Å²) in [7, 11) is 0. The van der Waals surface area contributed by atoms with E-state index in [0.29, 0.717) is 5.57 Å². The Hall–Kier alpha value is -1.57. The number of carboxylic acid groups (broad SMARTS) is 1. The molecule has 0 heterocycles. The Morgan fingerprint density at radius 1 is 1.18 bits per heavy atom. The maximum Gasteiger partial charge on any atom is 0.330 e. The normalized spacial score (nSPS) is 11.5. The molecule has 0 aliphatic carbocycles. The summed E-state index contributed by atoms with van der Waals surface area (Å²) in [4.78, 5) is 10.6. The Balaban J connectivity index is 2.47. The lowest BCUT2D eigenvalue weighted by Crippen LogP contribution is -1.96. The van der Waals surface area contributed by atoms with E-state index in [9.17, 15) is 4.79 Å². The van der Waals surface area contributed by atoms with Gasteiger partial charge in [-0.1, -0.05) is 43.7 Å². The van der Waals surface area contributed by atoms with Crippen LogP contribution in [0, 0.1) is 0 Å². The zero-order chi connectivity index (χ0) is 12.7. The molecule has 0 saturated carbocycles. The second-order valence-corrected chi connectivity index (χ2v) is 4.30. The van der Waals surface area contributed by atoms with Crippen molar-refractivity contribution in [2.45, 2.75) is 39.5 Å². The van der Waals surface area contributed by atoms with E-state index < -0.39 is 5.97 Å². The first-order valence-electron chi connectivity index (χ1n) is 6.11. The number of benzene rings is 1. The third kappa shape index (κ3) is 4.85. The van der Waals surface area contributed by atoms with Crippen molar-refractivity contribution in [3.05, 3.63) is 47.0 Å². The quantitative estimate of drug-likeness (QED) is 0.761. The van der Waals surface area contributed by atoms with Gasteiger partial charge in [-0.2, -0.15) is 0 Å². The van der Waals surface area contributed by atoms with E-state index in [1.54, 1.807) is 13.0 Å². The lowest BCUT2D eigenvalue weighted by molar-refractivity contribution is -0.132. The molecule has 0 unspecified atom stereocenters. The fourth-order valence-corrected chi connectivity index (χ4v) is 1.70. The summed E-state index contributed by atoms with van der Waals surface area (Å²) in [5.74, 6) is -0.830. The summed E-state index contributed by atoms with van der Waals surface area (Å²) < 4.78 is 0. The number of allylic oxidation sites excluding steroid dienone is 1. The summed E-state index contributed by atoms with van der Waals surface area (Å²) >= 11 is 0. The van der Waals surface area contributed by atoms with E-state index in [-0.39, 0.29) is 0 Å². The van der Waals surface area contributed by atoms with Gasteiger partial charge in [-0.05, 0) is 37.3 Å². The number of carboxylic acids is 1. The molecule has 0 spiro atoms. The Bertz CT molecular complexity index is 388. The summed E-state index contributed by atoms with van der Waals surface area (Å²) in [5, 5.41) is 8.71. The third-order valence-corrected chi connectivity index (χ3v) is 2.78. The zero-order valence-corrected chi connectivity index (χ0v) is 10.6. The van der Waals surface area contributed by atoms with Crippen LogP contribution in [-0.2, 0) is 17.6 Å². The molecule has 1 aromatic rings. The molecular weight excluding hydrogens is 212 g/mol. The van der Waals surface area contributed by atoms with Gasteiger partial charge in [0.2, 0.25) is 0 Å². The van der Waals surface area contributed by atoms with Crippen molar-refractivity contribution in [3.63, 3.8) is 0 Å². The molecule has 0 radical (unpaired) electrons. The maximum atomic E-state index is 10.6. The van der Waals surface area contributed by atoms with Crippen LogP contribution in [0.15, 0.2) is 35.9 Å². The smallest absolute Gasteiger partial charge is 0.330 e. The van der Waals surface area contributed by atoms with Crippen molar-refractivity contribution in [3.8, 4) is 0 Å². The molecular formula is C15H20O2. The highest BCUT2D eigenvalue weighted by atomic mass is 16.4. The van der Waals surface area contributed by atoms with E-state index in [2.05, 4.69) is 31.2 Å². The highest BCUT2D eigenvalue weighted by Crippen LogP contribution is 2.09. The lowest BCUT2D eigenvalue weighted by Gasteiger charge is -2.02. The second-order valence-electron chi connectivity index (χ2n) is 4.30. The average molecular weight is 232 g/mol. The molecule has 2 nitrogen and oxygen atoms in total. The summed E-state index contributed by atoms with van der Waals surface area (Å²) in [6.45, 7) is 3.81. The molecule has 0 amide bonds. The Kier molecular flexibility index (Phi) is 5.47. The minimum Gasteiger partial charge on any atom is -0.478 e. The minimum atomic E-state index is -0.830. The average Bonchev–Trinajstić information content (AvgIpc) is 2.31. The van der Waals surface area contributed by atoms with Crippen LogP contribution >= 0.6 is 0 Å². The molecule has 1 rings (SSSR count). The molecule has 0 saturated heterocycles. The summed E-state index contributed by atoms with van der Waals surface area (Å²) in [6, 6.07) is 8.59. The fraction of sp³-hybridized carbons (Fsp3) is 0.400. The number of carbonyl (C=O) groups is 1. The molecule has 0 aliphatic heterocycles. The molecule has 0 aromatic heterocycles. The van der Waals surface area contributed by atoms with Gasteiger partial charge >= 0.3 is 5.97 Å². The van der Waals surface area contributed by atoms with Crippen LogP contribution in [0.1, 0.15) is 37.8 Å². The van der Waals surface area contributed by atoms with E-state index in [4.69, 9.17) is 5.11 Å². The fourth-order valence-electron chi connectivity index (χ4n) is 1.70. The molecule has 0 bridgehead atoms. The molecule has 0 fully saturated rings. The van der Waals surface area contributed by atoms with Crippen LogP contribution in [0.3, 0.4) is 0 Å². The zero-order valence-electron chi connectivity index (χ0n) is 10.6. The molecule has 0 atom stereocenters. The summed E-state index contributed by atoms with van der Waals surface area (Å²) in [6.07, 6.45) is 5.75. The largest absolute Gasteiger partial charge is 0.478 e. The van der Waals surface area contributed by atoms with E-state index >= 15 is 0 Å². The maximum absolute atomic E-state index is 10.6. The second kappa shape index (κ2) is 6.89. The topological polar surface area (TPSA) is 37.3 Å². The molecule has 1 N–H and O–H groups in total. The van der Waals surface area contributed by atoms with Crippen molar-refractivity contribution < 1.29 is 9.90 Å². The number of hydrogen-bond donors (Lipinski definition) is 1. The van der Waals surface area contributed by atoms with Gasteiger partial charge in [-0.3, -0.25) is 0 Å². The van der Waals surface area contributed by atoms with Crippen molar-refractivity contribution in [2.24, 2.45) is 0 Å². The van der Waals surface area contributed by atoms with Gasteiger partial charge in [0.25, 0.3) is 0 Å². The number of aliphatic carboxylic acids is 1. The molecule has 0 aliphatic rings. The summed E-state index contributed by atoms with van der Waals surface area (Å²) in [5.41, 5.74) is 3.06. The van der Waals surface area contributed by atoms with E-state index in [1.165, 1.54) is 17.5 Å². The van der Waals surface area contributed by atoms with Gasteiger partial charge in [0.1, 0.15) is 0 Å². The van der Waals surface area contributed by atoms with Gasteiger partial charge in [-0.25, -0.2) is 4.79 Å². The van der Waals surface area contributed by atoms with Crippen molar-refractivity contribution in [2.75, 3.05) is 0 Å². The molecule has 1 aromatic carbocycles. The first-order valence-corrected chi connectivity index (χ1v) is 6.11. The van der Waals surface area contributed by atoms with Gasteiger partial charge in [0, 0.05) is 5.57 Å². The number of aryl methyl sites for hydroxylation is 2. The van der Waals surface area contributed by atoms with Crippen LogP contribution in [0.4, 0.5) is 0 Å². The highest BCUT2D eigenvalue weighted by Gasteiger charge is 1.98. The first kappa shape index (κ1) is 13.5. The van der Waals surface area contributed by atoms with Crippen molar-refractivity contribution in [1.82, 2.24) is 0 Å². The molecule has 2 heteroatoms. The van der Waals surface area contributed by atoms with Crippen LogP contribution in [0.5, 0.6) is 0 Å². The Morgan fingerprint density at radius 2 is 1.71 bits per heavy atom. The third-order valence-electron chi connectivity index (χ3n) is 2.78. The minimum absolute atomic E-state index is 0.424. The van der Waals surface area contributed by atoms with E-state index in [1.807, 2.05) is 0 Å². The predicted molar refractivity (Wildman–Crippen MR) is 70.2 cm³/mol. The predicted octanol–water partition coefficient (Wildman–Crippen LogP) is 3.60. The standard InChI is InChI=1S/C15H20O2/c1-3-5-13-8-10-14(11-9-13)7-4-6-12(2)15(16)17/h6,8-11H,3-5,7H2,1-2H3,(H,16,17). The Morgan fingerprint density at radius 3 is 2.18 bits per heavy atom. The monoisotopic (exact) mass is 232 g/mol. The van der Waals surface area contributed by atoms with Crippen LogP contribution in [0.25, 0.3) is 0 Å². The van der Waals surface area contributed by atoms with Gasteiger partial charge < -0.3 is 5.11 Å². The van der Waals surface area contributed by atoms with E-state index in [0.717, 1.165) is 19.3 Å². The Labute approximate surface area is 103 Å². The molecule has 92 valence electrons. The lowest BCUT2D eigenvalue weighted by atomic mass is 10.0. The van der Waals surface area contributed by atoms with Crippen LogP contribution in [0.2, 0.25) is 0 Å². The number of rotatable bonds is 6.